The first-order valence-electron chi connectivity index (χ1n) is 4.31. The van der Waals surface area contributed by atoms with E-state index in [1.165, 1.54) is 12.8 Å². The number of carboxylic acid groups (broad SMARTS) is 1. The summed E-state index contributed by atoms with van der Waals surface area (Å²) in [4.78, 5) is 11.6. The zero-order valence-corrected chi connectivity index (χ0v) is 8.23. The van der Waals surface area contributed by atoms with Crippen molar-refractivity contribution in [3.8, 4) is 11.8 Å². The number of nitrogens with two attached hydrogens (primary N) is 1. The van der Waals surface area contributed by atoms with Crippen LogP contribution in [0.2, 0.25) is 0 Å². The molecule has 1 aliphatic rings. The Morgan fingerprint density at radius 1 is 1.64 bits per heavy atom. The highest BCUT2D eigenvalue weighted by atomic mass is 32.1. The van der Waals surface area contributed by atoms with Crippen LogP contribution in [0, 0.1) is 17.8 Å². The average Bonchev–Trinajstić information content (AvgIpc) is 2.86. The maximum atomic E-state index is 10.7. The summed E-state index contributed by atoms with van der Waals surface area (Å²) in [7, 11) is 0. The van der Waals surface area contributed by atoms with Crippen LogP contribution in [-0.2, 0) is 0 Å². The van der Waals surface area contributed by atoms with E-state index in [-0.39, 0.29) is 4.88 Å². The Bertz CT molecular complexity index is 435. The van der Waals surface area contributed by atoms with Crippen molar-refractivity contribution in [3.05, 3.63) is 15.8 Å². The van der Waals surface area contributed by atoms with Crippen LogP contribution in [0.1, 0.15) is 27.4 Å². The van der Waals surface area contributed by atoms with E-state index in [0.29, 0.717) is 11.6 Å². The van der Waals surface area contributed by atoms with Gasteiger partial charge >= 0.3 is 5.97 Å². The predicted octanol–water partition coefficient (Wildman–Crippen LogP) is 1.79. The van der Waals surface area contributed by atoms with Crippen molar-refractivity contribution in [1.29, 1.82) is 0 Å². The van der Waals surface area contributed by atoms with Crippen LogP contribution in [0.5, 0.6) is 0 Å². The number of rotatable bonds is 1. The van der Waals surface area contributed by atoms with Gasteiger partial charge in [-0.3, -0.25) is 0 Å². The summed E-state index contributed by atoms with van der Waals surface area (Å²) in [5.74, 6) is 5.55. The zero-order chi connectivity index (χ0) is 10.1. The van der Waals surface area contributed by atoms with Gasteiger partial charge in [0, 0.05) is 5.92 Å². The van der Waals surface area contributed by atoms with Gasteiger partial charge in [0.05, 0.1) is 10.6 Å². The molecular formula is C10H9NO2S. The van der Waals surface area contributed by atoms with E-state index >= 15 is 0 Å². The molecule has 1 fully saturated rings. The standard InChI is InChI=1S/C10H9NO2S/c11-8-5-7(4-3-6-1-2-6)14-9(8)10(12)13/h5-6H,1-2,11H2,(H,12,13). The smallest absolute Gasteiger partial charge is 0.348 e. The van der Waals surface area contributed by atoms with Gasteiger partial charge in [-0.15, -0.1) is 11.3 Å². The number of anilines is 1. The highest BCUT2D eigenvalue weighted by Gasteiger charge is 2.18. The monoisotopic (exact) mass is 207 g/mol. The summed E-state index contributed by atoms with van der Waals surface area (Å²) in [6.07, 6.45) is 2.33. The summed E-state index contributed by atoms with van der Waals surface area (Å²) in [6, 6.07) is 1.63. The van der Waals surface area contributed by atoms with Gasteiger partial charge in [-0.25, -0.2) is 4.79 Å². The number of hydrogen-bond acceptors (Lipinski definition) is 3. The third-order valence-electron chi connectivity index (χ3n) is 1.93. The fourth-order valence-electron chi connectivity index (χ4n) is 1.03. The molecule has 1 aromatic heterocycles. The van der Waals surface area contributed by atoms with Crippen LogP contribution in [0.15, 0.2) is 6.07 Å². The number of carbonyl (C=O) groups is 1. The highest BCUT2D eigenvalue weighted by Crippen LogP contribution is 2.28. The van der Waals surface area contributed by atoms with E-state index in [1.54, 1.807) is 6.07 Å². The molecule has 0 aromatic carbocycles. The molecule has 1 aromatic rings. The SMILES string of the molecule is Nc1cc(C#CC2CC2)sc1C(=O)O. The lowest BCUT2D eigenvalue weighted by Gasteiger charge is -1.86. The lowest BCUT2D eigenvalue weighted by Crippen LogP contribution is -1.96. The molecule has 1 aliphatic carbocycles. The topological polar surface area (TPSA) is 63.3 Å². The second kappa shape index (κ2) is 3.35. The van der Waals surface area contributed by atoms with E-state index in [1.807, 2.05) is 0 Å². The van der Waals surface area contributed by atoms with Gasteiger partial charge in [0.2, 0.25) is 0 Å². The molecular weight excluding hydrogens is 198 g/mol. The molecule has 14 heavy (non-hydrogen) atoms. The Labute approximate surface area is 85.6 Å². The van der Waals surface area contributed by atoms with E-state index in [2.05, 4.69) is 11.8 Å². The predicted molar refractivity (Wildman–Crippen MR) is 55.3 cm³/mol. The summed E-state index contributed by atoms with van der Waals surface area (Å²) in [5.41, 5.74) is 5.83. The quantitative estimate of drug-likeness (QED) is 0.690. The fourth-order valence-corrected chi connectivity index (χ4v) is 1.81. The molecule has 1 saturated carbocycles. The van der Waals surface area contributed by atoms with E-state index < -0.39 is 5.97 Å². The third-order valence-corrected chi connectivity index (χ3v) is 2.99. The number of aromatic carboxylic acids is 1. The van der Waals surface area contributed by atoms with Gasteiger partial charge in [0.15, 0.2) is 0 Å². The molecule has 0 amide bonds. The lowest BCUT2D eigenvalue weighted by atomic mass is 10.3. The number of hydrogen-bond donors (Lipinski definition) is 2. The molecule has 0 bridgehead atoms. The normalized spacial score (nSPS) is 14.6. The van der Waals surface area contributed by atoms with Crippen molar-refractivity contribution in [3.63, 3.8) is 0 Å². The summed E-state index contributed by atoms with van der Waals surface area (Å²) in [5, 5.41) is 8.75. The van der Waals surface area contributed by atoms with Crippen LogP contribution < -0.4 is 5.73 Å². The summed E-state index contributed by atoms with van der Waals surface area (Å²) >= 11 is 1.14. The zero-order valence-electron chi connectivity index (χ0n) is 7.41. The number of nitrogen functional groups attached to an aromatic ring is 1. The molecule has 0 spiro atoms. The maximum Gasteiger partial charge on any atom is 0.348 e. The fraction of sp³-hybridized carbons (Fsp3) is 0.300. The second-order valence-electron chi connectivity index (χ2n) is 3.24. The Morgan fingerprint density at radius 3 is 2.86 bits per heavy atom. The van der Waals surface area contributed by atoms with Crippen molar-refractivity contribution >= 4 is 23.0 Å². The molecule has 72 valence electrons. The molecule has 0 aliphatic heterocycles. The molecule has 0 unspecified atom stereocenters. The number of carboxylic acids is 1. The van der Waals surface area contributed by atoms with Crippen molar-refractivity contribution in [2.75, 3.05) is 5.73 Å². The largest absolute Gasteiger partial charge is 0.477 e. The number of thiophene rings is 1. The Morgan fingerprint density at radius 2 is 2.36 bits per heavy atom. The van der Waals surface area contributed by atoms with E-state index in [9.17, 15) is 4.79 Å². The first kappa shape index (κ1) is 9.10. The summed E-state index contributed by atoms with van der Waals surface area (Å²) < 4.78 is 0. The lowest BCUT2D eigenvalue weighted by molar-refractivity contribution is 0.0703. The maximum absolute atomic E-state index is 10.7. The first-order chi connectivity index (χ1) is 6.66. The van der Waals surface area contributed by atoms with Gasteiger partial charge in [0.1, 0.15) is 4.88 Å². The Balaban J connectivity index is 2.24. The minimum Gasteiger partial charge on any atom is -0.477 e. The van der Waals surface area contributed by atoms with Crippen LogP contribution in [0.4, 0.5) is 5.69 Å². The van der Waals surface area contributed by atoms with Gasteiger partial charge in [-0.1, -0.05) is 11.8 Å². The van der Waals surface area contributed by atoms with Gasteiger partial charge in [-0.2, -0.15) is 0 Å². The van der Waals surface area contributed by atoms with Crippen molar-refractivity contribution in [2.24, 2.45) is 5.92 Å². The average molecular weight is 207 g/mol. The van der Waals surface area contributed by atoms with E-state index in [0.717, 1.165) is 16.2 Å². The van der Waals surface area contributed by atoms with Crippen molar-refractivity contribution < 1.29 is 9.90 Å². The minimum absolute atomic E-state index is 0.185. The molecule has 0 saturated heterocycles. The van der Waals surface area contributed by atoms with Crippen LogP contribution in [0.25, 0.3) is 0 Å². The van der Waals surface area contributed by atoms with Gasteiger partial charge in [-0.05, 0) is 18.9 Å². The van der Waals surface area contributed by atoms with Crippen molar-refractivity contribution in [1.82, 2.24) is 0 Å². The molecule has 0 atom stereocenters. The van der Waals surface area contributed by atoms with Crippen LogP contribution in [-0.4, -0.2) is 11.1 Å². The molecule has 3 N–H and O–H groups in total. The van der Waals surface area contributed by atoms with E-state index in [4.69, 9.17) is 10.8 Å². The minimum atomic E-state index is -0.980. The molecule has 2 rings (SSSR count). The van der Waals surface area contributed by atoms with Crippen LogP contribution >= 0.6 is 11.3 Å². The second-order valence-corrected chi connectivity index (χ2v) is 4.30. The molecule has 1 heterocycles. The molecule has 3 nitrogen and oxygen atoms in total. The Kier molecular flexibility index (Phi) is 2.18. The van der Waals surface area contributed by atoms with Gasteiger partial charge in [0.25, 0.3) is 0 Å². The molecule has 4 heteroatoms. The highest BCUT2D eigenvalue weighted by molar-refractivity contribution is 7.15. The first-order valence-corrected chi connectivity index (χ1v) is 5.12. The Hall–Kier alpha value is -1.47. The van der Waals surface area contributed by atoms with Crippen LogP contribution in [0.3, 0.4) is 0 Å². The summed E-state index contributed by atoms with van der Waals surface area (Å²) in [6.45, 7) is 0. The van der Waals surface area contributed by atoms with Crippen molar-refractivity contribution in [2.45, 2.75) is 12.8 Å². The van der Waals surface area contributed by atoms with Gasteiger partial charge < -0.3 is 10.8 Å². The molecule has 0 radical (unpaired) electrons. The third kappa shape index (κ3) is 1.88.